The van der Waals surface area contributed by atoms with Crippen molar-refractivity contribution in [1.29, 1.82) is 0 Å². The van der Waals surface area contributed by atoms with Crippen LogP contribution in [0.5, 0.6) is 11.5 Å². The van der Waals surface area contributed by atoms with Crippen LogP contribution in [-0.2, 0) is 17.6 Å². The van der Waals surface area contributed by atoms with E-state index in [-0.39, 0.29) is 17.9 Å². The molecule has 0 aromatic heterocycles. The molecular weight excluding hydrogens is 326 g/mol. The molecule has 136 valence electrons. The Morgan fingerprint density at radius 2 is 2.12 bits per heavy atom. The molecule has 1 aliphatic heterocycles. The lowest BCUT2D eigenvalue weighted by atomic mass is 9.82. The van der Waals surface area contributed by atoms with E-state index in [0.717, 1.165) is 48.3 Å². The van der Waals surface area contributed by atoms with Crippen LogP contribution < -0.4 is 14.8 Å². The smallest absolute Gasteiger partial charge is 0.232 e. The maximum Gasteiger partial charge on any atom is 0.232 e. The van der Waals surface area contributed by atoms with Crippen LogP contribution in [0.2, 0.25) is 0 Å². The molecule has 2 atom stereocenters. The van der Waals surface area contributed by atoms with Crippen molar-refractivity contribution in [3.05, 3.63) is 53.1 Å². The molecule has 1 heterocycles. The van der Waals surface area contributed by atoms with Gasteiger partial charge in [-0.2, -0.15) is 0 Å². The number of anilines is 1. The van der Waals surface area contributed by atoms with E-state index >= 15 is 0 Å². The van der Waals surface area contributed by atoms with Crippen molar-refractivity contribution < 1.29 is 14.3 Å². The van der Waals surface area contributed by atoms with Gasteiger partial charge in [-0.05, 0) is 50.3 Å². The van der Waals surface area contributed by atoms with Crippen LogP contribution in [0.15, 0.2) is 36.4 Å². The minimum absolute atomic E-state index is 0.0316. The second-order valence-corrected chi connectivity index (χ2v) is 7.15. The fraction of sp³-hybridized carbons (Fsp3) is 0.409. The average Bonchev–Trinajstić information content (AvgIpc) is 3.00. The molecule has 0 saturated carbocycles. The summed E-state index contributed by atoms with van der Waals surface area (Å²) in [5, 5.41) is 3.11. The molecule has 1 N–H and O–H groups in total. The zero-order valence-electron chi connectivity index (χ0n) is 15.4. The molecule has 4 heteroatoms. The first-order valence-corrected chi connectivity index (χ1v) is 9.50. The molecule has 1 amide bonds. The Bertz CT molecular complexity index is 830. The van der Waals surface area contributed by atoms with Gasteiger partial charge in [0.1, 0.15) is 17.6 Å². The van der Waals surface area contributed by atoms with Crippen molar-refractivity contribution in [2.45, 2.75) is 51.6 Å². The van der Waals surface area contributed by atoms with Gasteiger partial charge in [0.05, 0.1) is 18.2 Å². The number of carbonyl (C=O) groups is 1. The molecular formula is C22H25NO3. The topological polar surface area (TPSA) is 47.6 Å². The van der Waals surface area contributed by atoms with Crippen LogP contribution in [-0.4, -0.2) is 18.6 Å². The van der Waals surface area contributed by atoms with Crippen LogP contribution >= 0.6 is 0 Å². The van der Waals surface area contributed by atoms with Gasteiger partial charge in [0.15, 0.2) is 0 Å². The van der Waals surface area contributed by atoms with Crippen molar-refractivity contribution in [2.24, 2.45) is 0 Å². The summed E-state index contributed by atoms with van der Waals surface area (Å²) in [5.74, 6) is 1.49. The summed E-state index contributed by atoms with van der Waals surface area (Å²) in [6.07, 6.45) is 4.01. The summed E-state index contributed by atoms with van der Waals surface area (Å²) in [6, 6.07) is 12.2. The maximum absolute atomic E-state index is 13.0. The Morgan fingerprint density at radius 3 is 2.96 bits per heavy atom. The van der Waals surface area contributed by atoms with Crippen LogP contribution in [0.4, 0.5) is 5.69 Å². The average molecular weight is 351 g/mol. The second kappa shape index (κ2) is 7.02. The number of rotatable bonds is 4. The minimum atomic E-state index is -0.109. The van der Waals surface area contributed by atoms with Gasteiger partial charge in [-0.15, -0.1) is 0 Å². The minimum Gasteiger partial charge on any atom is -0.492 e. The number of benzene rings is 2. The van der Waals surface area contributed by atoms with Gasteiger partial charge in [-0.3, -0.25) is 4.79 Å². The first-order valence-electron chi connectivity index (χ1n) is 9.50. The number of amides is 1. The highest BCUT2D eigenvalue weighted by Gasteiger charge is 2.28. The summed E-state index contributed by atoms with van der Waals surface area (Å²) in [7, 11) is 0. The van der Waals surface area contributed by atoms with E-state index in [9.17, 15) is 4.79 Å². The summed E-state index contributed by atoms with van der Waals surface area (Å²) in [4.78, 5) is 13.0. The number of hydrogen-bond acceptors (Lipinski definition) is 3. The number of hydrogen-bond donors (Lipinski definition) is 1. The first kappa shape index (κ1) is 17.0. The Hall–Kier alpha value is -2.49. The van der Waals surface area contributed by atoms with Gasteiger partial charge < -0.3 is 14.8 Å². The van der Waals surface area contributed by atoms with Crippen molar-refractivity contribution in [3.8, 4) is 11.5 Å². The van der Waals surface area contributed by atoms with Crippen LogP contribution in [0.1, 0.15) is 49.3 Å². The van der Waals surface area contributed by atoms with E-state index in [1.807, 2.05) is 31.2 Å². The van der Waals surface area contributed by atoms with Gasteiger partial charge >= 0.3 is 0 Å². The molecule has 2 aliphatic rings. The second-order valence-electron chi connectivity index (χ2n) is 7.15. The predicted octanol–water partition coefficient (Wildman–Crippen LogP) is 4.47. The number of fused-ring (bicyclic) bond motifs is 2. The largest absolute Gasteiger partial charge is 0.492 e. The van der Waals surface area contributed by atoms with Crippen molar-refractivity contribution in [1.82, 2.24) is 0 Å². The third-order valence-electron chi connectivity index (χ3n) is 5.24. The fourth-order valence-corrected chi connectivity index (χ4v) is 4.06. The summed E-state index contributed by atoms with van der Waals surface area (Å²) in [5.41, 5.74) is 4.28. The fourth-order valence-electron chi connectivity index (χ4n) is 4.06. The van der Waals surface area contributed by atoms with Gasteiger partial charge in [0.25, 0.3) is 0 Å². The first-order chi connectivity index (χ1) is 12.7. The van der Waals surface area contributed by atoms with Gasteiger partial charge in [0.2, 0.25) is 5.91 Å². The summed E-state index contributed by atoms with van der Waals surface area (Å²) in [6.45, 7) is 4.57. The van der Waals surface area contributed by atoms with Gasteiger partial charge in [0, 0.05) is 18.1 Å². The third-order valence-corrected chi connectivity index (χ3v) is 5.24. The lowest BCUT2D eigenvalue weighted by molar-refractivity contribution is -0.117. The van der Waals surface area contributed by atoms with Crippen LogP contribution in [0.25, 0.3) is 0 Å². The van der Waals surface area contributed by atoms with E-state index in [4.69, 9.17) is 9.47 Å². The molecule has 1 aliphatic carbocycles. The SMILES string of the molecule is CCOc1cc2c(cc1NC(=O)C1CCCc3ccccc31)OC(C)C2. The molecule has 2 aromatic rings. The highest BCUT2D eigenvalue weighted by atomic mass is 16.5. The number of carbonyl (C=O) groups excluding carboxylic acids is 1. The zero-order chi connectivity index (χ0) is 18.1. The Labute approximate surface area is 154 Å². The Balaban J connectivity index is 1.61. The standard InChI is InChI=1S/C22H25NO3/c1-3-25-21-12-16-11-14(2)26-20(16)13-19(21)23-22(24)18-10-6-8-15-7-4-5-9-17(15)18/h4-5,7,9,12-14,18H,3,6,8,10-11H2,1-2H3,(H,23,24). The number of ether oxygens (including phenoxy) is 2. The van der Waals surface area contributed by atoms with E-state index in [1.165, 1.54) is 5.56 Å². The lowest BCUT2D eigenvalue weighted by Gasteiger charge is -2.25. The molecule has 2 unspecified atom stereocenters. The zero-order valence-corrected chi connectivity index (χ0v) is 15.4. The van der Waals surface area contributed by atoms with Crippen molar-refractivity contribution in [3.63, 3.8) is 0 Å². The third kappa shape index (κ3) is 3.16. The summed E-state index contributed by atoms with van der Waals surface area (Å²) >= 11 is 0. The molecule has 0 radical (unpaired) electrons. The van der Waals surface area contributed by atoms with E-state index in [1.54, 1.807) is 0 Å². The van der Waals surface area contributed by atoms with E-state index < -0.39 is 0 Å². The van der Waals surface area contributed by atoms with Crippen LogP contribution in [0, 0.1) is 0 Å². The van der Waals surface area contributed by atoms with Gasteiger partial charge in [-0.1, -0.05) is 24.3 Å². The maximum atomic E-state index is 13.0. The van der Waals surface area contributed by atoms with E-state index in [2.05, 4.69) is 24.4 Å². The van der Waals surface area contributed by atoms with Gasteiger partial charge in [-0.25, -0.2) is 0 Å². The molecule has 4 rings (SSSR count). The van der Waals surface area contributed by atoms with E-state index in [0.29, 0.717) is 12.3 Å². The molecule has 0 spiro atoms. The highest BCUT2D eigenvalue weighted by Crippen LogP contribution is 2.39. The highest BCUT2D eigenvalue weighted by molar-refractivity contribution is 5.97. The summed E-state index contributed by atoms with van der Waals surface area (Å²) < 4.78 is 11.6. The molecule has 2 aromatic carbocycles. The Morgan fingerprint density at radius 1 is 1.27 bits per heavy atom. The molecule has 4 nitrogen and oxygen atoms in total. The predicted molar refractivity (Wildman–Crippen MR) is 102 cm³/mol. The molecule has 0 bridgehead atoms. The number of aryl methyl sites for hydroxylation is 1. The van der Waals surface area contributed by atoms with Crippen LogP contribution in [0.3, 0.4) is 0 Å². The monoisotopic (exact) mass is 351 g/mol. The Kier molecular flexibility index (Phi) is 4.58. The van der Waals surface area contributed by atoms with Crippen molar-refractivity contribution in [2.75, 3.05) is 11.9 Å². The lowest BCUT2D eigenvalue weighted by Crippen LogP contribution is -2.25. The molecule has 0 saturated heterocycles. The normalized spacial score (nSPS) is 20.7. The molecule has 26 heavy (non-hydrogen) atoms. The quantitative estimate of drug-likeness (QED) is 0.884. The van der Waals surface area contributed by atoms with Crippen molar-refractivity contribution >= 4 is 11.6 Å². The molecule has 0 fully saturated rings. The number of nitrogens with one attached hydrogen (secondary N) is 1.